The van der Waals surface area contributed by atoms with Gasteiger partial charge in [-0.15, -0.1) is 0 Å². The van der Waals surface area contributed by atoms with Gasteiger partial charge in [0, 0.05) is 5.92 Å². The van der Waals surface area contributed by atoms with Crippen LogP contribution in [0.4, 0.5) is 0 Å². The van der Waals surface area contributed by atoms with Gasteiger partial charge in [0.25, 0.3) is 5.91 Å². The fraction of sp³-hybridized carbons (Fsp3) is 0.400. The number of furan rings is 1. The standard InChI is InChI=1S/C10H12ClNO3/c1-6(2)7(13)5-12-10(14)8-3-4-9(11)15-8/h3-4,6H,5H2,1-2H3,(H,12,14). The van der Waals surface area contributed by atoms with Gasteiger partial charge < -0.3 is 9.73 Å². The number of hydrogen-bond donors (Lipinski definition) is 1. The van der Waals surface area contributed by atoms with Crippen LogP contribution in [-0.4, -0.2) is 18.2 Å². The fourth-order valence-corrected chi connectivity index (χ4v) is 1.04. The van der Waals surface area contributed by atoms with E-state index >= 15 is 0 Å². The Hall–Kier alpha value is -1.29. The molecule has 0 saturated carbocycles. The van der Waals surface area contributed by atoms with Crippen LogP contribution in [0.25, 0.3) is 0 Å². The molecule has 1 N–H and O–H groups in total. The molecule has 4 nitrogen and oxygen atoms in total. The van der Waals surface area contributed by atoms with Gasteiger partial charge in [0.15, 0.2) is 16.8 Å². The molecule has 1 heterocycles. The molecular formula is C10H12ClNO3. The Morgan fingerprint density at radius 1 is 1.47 bits per heavy atom. The Morgan fingerprint density at radius 3 is 2.60 bits per heavy atom. The molecule has 0 aliphatic rings. The first kappa shape index (κ1) is 11.8. The highest BCUT2D eigenvalue weighted by Crippen LogP contribution is 2.12. The number of hydrogen-bond acceptors (Lipinski definition) is 3. The van der Waals surface area contributed by atoms with Crippen molar-refractivity contribution < 1.29 is 14.0 Å². The molecule has 0 aliphatic carbocycles. The van der Waals surface area contributed by atoms with Crippen molar-refractivity contribution >= 4 is 23.3 Å². The average molecular weight is 230 g/mol. The number of ketones is 1. The molecule has 1 aromatic rings. The van der Waals surface area contributed by atoms with E-state index in [4.69, 9.17) is 16.0 Å². The Balaban J connectivity index is 2.47. The summed E-state index contributed by atoms with van der Waals surface area (Å²) in [6, 6.07) is 2.93. The third kappa shape index (κ3) is 3.40. The molecule has 0 aliphatic heterocycles. The van der Waals surface area contributed by atoms with E-state index in [-0.39, 0.29) is 29.2 Å². The van der Waals surface area contributed by atoms with Gasteiger partial charge in [-0.3, -0.25) is 9.59 Å². The molecule has 0 spiro atoms. The molecule has 1 amide bonds. The summed E-state index contributed by atoms with van der Waals surface area (Å²) >= 11 is 5.50. The maximum Gasteiger partial charge on any atom is 0.287 e. The molecule has 0 saturated heterocycles. The third-order valence-corrected chi connectivity index (χ3v) is 2.07. The van der Waals surface area contributed by atoms with Crippen LogP contribution >= 0.6 is 11.6 Å². The molecule has 0 unspecified atom stereocenters. The molecule has 1 aromatic heterocycles. The smallest absolute Gasteiger partial charge is 0.287 e. The van der Waals surface area contributed by atoms with E-state index in [1.165, 1.54) is 12.1 Å². The number of carbonyl (C=O) groups excluding carboxylic acids is 2. The Bertz CT molecular complexity index is 370. The zero-order valence-electron chi connectivity index (χ0n) is 8.54. The summed E-state index contributed by atoms with van der Waals surface area (Å²) in [5.74, 6) is -0.445. The summed E-state index contributed by atoms with van der Waals surface area (Å²) < 4.78 is 4.88. The Kier molecular flexibility index (Phi) is 3.91. The topological polar surface area (TPSA) is 59.3 Å². The zero-order valence-corrected chi connectivity index (χ0v) is 9.30. The van der Waals surface area contributed by atoms with E-state index < -0.39 is 5.91 Å². The maximum absolute atomic E-state index is 11.4. The van der Waals surface area contributed by atoms with Gasteiger partial charge in [0.1, 0.15) is 0 Å². The first-order chi connectivity index (χ1) is 7.00. The van der Waals surface area contributed by atoms with Crippen molar-refractivity contribution in [3.05, 3.63) is 23.1 Å². The van der Waals surface area contributed by atoms with Crippen LogP contribution in [0, 0.1) is 5.92 Å². The summed E-state index contributed by atoms with van der Waals surface area (Å²) in [4.78, 5) is 22.6. The predicted octanol–water partition coefficient (Wildman–Crippen LogP) is 1.89. The number of nitrogens with one attached hydrogen (secondary N) is 1. The van der Waals surface area contributed by atoms with E-state index in [0.717, 1.165) is 0 Å². The lowest BCUT2D eigenvalue weighted by Crippen LogP contribution is -2.31. The largest absolute Gasteiger partial charge is 0.440 e. The molecule has 0 atom stereocenters. The summed E-state index contributed by atoms with van der Waals surface area (Å²) in [5, 5.41) is 2.60. The summed E-state index contributed by atoms with van der Waals surface area (Å²) in [7, 11) is 0. The minimum absolute atomic E-state index is 0.00875. The SMILES string of the molecule is CC(C)C(=O)CNC(=O)c1ccc(Cl)o1. The number of Topliss-reactive ketones (excluding diaryl/α,β-unsaturated/α-hetero) is 1. The Morgan fingerprint density at radius 2 is 2.13 bits per heavy atom. The molecule has 0 aromatic carbocycles. The van der Waals surface area contributed by atoms with Crippen molar-refractivity contribution in [2.24, 2.45) is 5.92 Å². The second kappa shape index (κ2) is 4.98. The van der Waals surface area contributed by atoms with E-state index in [1.807, 2.05) is 0 Å². The monoisotopic (exact) mass is 229 g/mol. The van der Waals surface area contributed by atoms with Gasteiger partial charge >= 0.3 is 0 Å². The summed E-state index contributed by atoms with van der Waals surface area (Å²) in [6.07, 6.45) is 0. The summed E-state index contributed by atoms with van der Waals surface area (Å²) in [5.41, 5.74) is 0. The highest BCUT2D eigenvalue weighted by molar-refractivity contribution is 6.29. The molecule has 1 rings (SSSR count). The lowest BCUT2D eigenvalue weighted by atomic mass is 10.1. The Labute approximate surface area is 92.6 Å². The normalized spacial score (nSPS) is 10.4. The highest BCUT2D eigenvalue weighted by Gasteiger charge is 2.13. The average Bonchev–Trinajstić information content (AvgIpc) is 2.60. The van der Waals surface area contributed by atoms with Crippen molar-refractivity contribution in [1.29, 1.82) is 0 Å². The van der Waals surface area contributed by atoms with Crippen molar-refractivity contribution in [2.75, 3.05) is 6.54 Å². The van der Waals surface area contributed by atoms with Gasteiger partial charge in [-0.25, -0.2) is 0 Å². The quantitative estimate of drug-likeness (QED) is 0.858. The molecular weight excluding hydrogens is 218 g/mol. The van der Waals surface area contributed by atoms with E-state index in [9.17, 15) is 9.59 Å². The van der Waals surface area contributed by atoms with Crippen LogP contribution < -0.4 is 5.32 Å². The number of carbonyl (C=O) groups is 2. The first-order valence-corrected chi connectivity index (χ1v) is 4.94. The van der Waals surface area contributed by atoms with Gasteiger partial charge in [-0.05, 0) is 23.7 Å². The molecule has 82 valence electrons. The molecule has 15 heavy (non-hydrogen) atoms. The van der Waals surface area contributed by atoms with Crippen molar-refractivity contribution in [3.63, 3.8) is 0 Å². The third-order valence-electron chi connectivity index (χ3n) is 1.86. The van der Waals surface area contributed by atoms with E-state index in [0.29, 0.717) is 0 Å². The molecule has 5 heteroatoms. The minimum atomic E-state index is -0.434. The number of amides is 1. The van der Waals surface area contributed by atoms with Crippen LogP contribution in [0.5, 0.6) is 0 Å². The minimum Gasteiger partial charge on any atom is -0.440 e. The highest BCUT2D eigenvalue weighted by atomic mass is 35.5. The van der Waals surface area contributed by atoms with Crippen LogP contribution in [0.2, 0.25) is 5.22 Å². The second-order valence-corrected chi connectivity index (χ2v) is 3.78. The van der Waals surface area contributed by atoms with Gasteiger partial charge in [0.05, 0.1) is 6.54 Å². The van der Waals surface area contributed by atoms with Crippen LogP contribution in [0.1, 0.15) is 24.4 Å². The van der Waals surface area contributed by atoms with Gasteiger partial charge in [-0.2, -0.15) is 0 Å². The van der Waals surface area contributed by atoms with Gasteiger partial charge in [-0.1, -0.05) is 13.8 Å². The predicted molar refractivity (Wildman–Crippen MR) is 55.9 cm³/mol. The second-order valence-electron chi connectivity index (χ2n) is 3.41. The maximum atomic E-state index is 11.4. The molecule has 0 bridgehead atoms. The number of rotatable bonds is 4. The fourth-order valence-electron chi connectivity index (χ4n) is 0.895. The zero-order chi connectivity index (χ0) is 11.4. The van der Waals surface area contributed by atoms with Crippen LogP contribution in [0.15, 0.2) is 16.5 Å². The number of halogens is 1. The van der Waals surface area contributed by atoms with Crippen LogP contribution in [0.3, 0.4) is 0 Å². The van der Waals surface area contributed by atoms with E-state index in [2.05, 4.69) is 5.32 Å². The lowest BCUT2D eigenvalue weighted by Gasteiger charge is -2.04. The molecule has 0 radical (unpaired) electrons. The summed E-state index contributed by atoms with van der Waals surface area (Å²) in [6.45, 7) is 3.56. The van der Waals surface area contributed by atoms with Crippen molar-refractivity contribution in [2.45, 2.75) is 13.8 Å². The van der Waals surface area contributed by atoms with Crippen LogP contribution in [-0.2, 0) is 4.79 Å². The van der Waals surface area contributed by atoms with E-state index in [1.54, 1.807) is 13.8 Å². The first-order valence-electron chi connectivity index (χ1n) is 4.57. The van der Waals surface area contributed by atoms with Gasteiger partial charge in [0.2, 0.25) is 0 Å². The van der Waals surface area contributed by atoms with Crippen molar-refractivity contribution in [3.8, 4) is 0 Å². The van der Waals surface area contributed by atoms with Crippen molar-refractivity contribution in [1.82, 2.24) is 5.32 Å². The lowest BCUT2D eigenvalue weighted by molar-refractivity contribution is -0.120. The molecule has 0 fully saturated rings.